The summed E-state index contributed by atoms with van der Waals surface area (Å²) in [6.07, 6.45) is 3.91. The topological polar surface area (TPSA) is 61.1 Å². The third-order valence-corrected chi connectivity index (χ3v) is 3.94. The molecule has 0 spiro atoms. The summed E-state index contributed by atoms with van der Waals surface area (Å²) in [6, 6.07) is 5.86. The van der Waals surface area contributed by atoms with Crippen molar-refractivity contribution in [3.05, 3.63) is 30.1 Å². The van der Waals surface area contributed by atoms with Crippen LogP contribution >= 0.6 is 0 Å². The van der Waals surface area contributed by atoms with E-state index >= 15 is 0 Å². The van der Waals surface area contributed by atoms with Crippen molar-refractivity contribution in [1.29, 1.82) is 0 Å². The number of rotatable bonds is 4. The number of hydrogen-bond donors (Lipinski definition) is 1. The van der Waals surface area contributed by atoms with E-state index in [0.717, 1.165) is 25.9 Å². The zero-order chi connectivity index (χ0) is 15.0. The molecule has 0 radical (unpaired) electrons. The number of hydrogen-bond acceptors (Lipinski definition) is 4. The predicted molar refractivity (Wildman–Crippen MR) is 81.1 cm³/mol. The molecule has 0 aromatic carbocycles. The third-order valence-electron chi connectivity index (χ3n) is 3.94. The van der Waals surface area contributed by atoms with Gasteiger partial charge in [-0.3, -0.25) is 4.40 Å². The number of imidazole rings is 1. The second-order valence-corrected chi connectivity index (χ2v) is 5.77. The molecular weight excluding hydrogens is 268 g/mol. The number of aromatic nitrogens is 2. The highest BCUT2D eigenvalue weighted by atomic mass is 16.4. The van der Waals surface area contributed by atoms with Gasteiger partial charge in [0.15, 0.2) is 11.5 Å². The van der Waals surface area contributed by atoms with Crippen LogP contribution in [0.3, 0.4) is 0 Å². The van der Waals surface area contributed by atoms with Crippen molar-refractivity contribution in [2.75, 3.05) is 32.1 Å². The van der Waals surface area contributed by atoms with Crippen molar-refractivity contribution in [2.24, 2.45) is 0 Å². The maximum absolute atomic E-state index is 11.7. The largest absolute Gasteiger partial charge is 0.476 e. The predicted octanol–water partition coefficient (Wildman–Crippen LogP) is 1.56. The van der Waals surface area contributed by atoms with Crippen LogP contribution in [-0.2, 0) is 0 Å². The summed E-state index contributed by atoms with van der Waals surface area (Å²) in [4.78, 5) is 20.5. The molecule has 0 amide bonds. The van der Waals surface area contributed by atoms with Gasteiger partial charge in [-0.1, -0.05) is 6.07 Å². The summed E-state index contributed by atoms with van der Waals surface area (Å²) in [5.41, 5.74) is 0.941. The van der Waals surface area contributed by atoms with Crippen LogP contribution < -0.4 is 4.90 Å². The molecule has 21 heavy (non-hydrogen) atoms. The van der Waals surface area contributed by atoms with Crippen LogP contribution in [0, 0.1) is 0 Å². The van der Waals surface area contributed by atoms with Gasteiger partial charge in [-0.05, 0) is 39.1 Å². The molecule has 1 unspecified atom stereocenters. The molecule has 0 aliphatic carbocycles. The van der Waals surface area contributed by atoms with E-state index in [2.05, 4.69) is 14.8 Å². The highest BCUT2D eigenvalue weighted by Gasteiger charge is 2.31. The molecule has 1 aliphatic heterocycles. The monoisotopic (exact) mass is 288 g/mol. The maximum Gasteiger partial charge on any atom is 0.356 e. The maximum atomic E-state index is 11.7. The molecule has 2 aromatic heterocycles. The van der Waals surface area contributed by atoms with E-state index in [0.29, 0.717) is 17.5 Å². The molecule has 2 aromatic rings. The summed E-state index contributed by atoms with van der Waals surface area (Å²) < 4.78 is 1.66. The summed E-state index contributed by atoms with van der Waals surface area (Å²) >= 11 is 0. The summed E-state index contributed by atoms with van der Waals surface area (Å²) in [5, 5.41) is 9.58. The Labute approximate surface area is 123 Å². The van der Waals surface area contributed by atoms with Crippen molar-refractivity contribution in [1.82, 2.24) is 14.3 Å². The molecule has 6 heteroatoms. The molecule has 112 valence electrons. The van der Waals surface area contributed by atoms with Crippen LogP contribution in [0.1, 0.15) is 23.3 Å². The molecule has 1 saturated heterocycles. The Bertz CT molecular complexity index is 665. The van der Waals surface area contributed by atoms with E-state index in [1.165, 1.54) is 0 Å². The van der Waals surface area contributed by atoms with Gasteiger partial charge in [0.25, 0.3) is 0 Å². The molecule has 1 fully saturated rings. The van der Waals surface area contributed by atoms with Crippen molar-refractivity contribution in [2.45, 2.75) is 18.9 Å². The van der Waals surface area contributed by atoms with Gasteiger partial charge in [0.1, 0.15) is 5.65 Å². The summed E-state index contributed by atoms with van der Waals surface area (Å²) in [7, 11) is 4.08. The van der Waals surface area contributed by atoms with Crippen molar-refractivity contribution in [3.63, 3.8) is 0 Å². The van der Waals surface area contributed by atoms with E-state index < -0.39 is 5.97 Å². The second kappa shape index (κ2) is 5.37. The lowest BCUT2D eigenvalue weighted by molar-refractivity contribution is 0.0690. The van der Waals surface area contributed by atoms with Crippen molar-refractivity contribution >= 4 is 17.4 Å². The minimum Gasteiger partial charge on any atom is -0.476 e. The Balaban J connectivity index is 2.07. The van der Waals surface area contributed by atoms with E-state index in [4.69, 9.17) is 0 Å². The first kappa shape index (κ1) is 13.9. The normalized spacial score (nSPS) is 18.8. The van der Waals surface area contributed by atoms with Gasteiger partial charge in [0.2, 0.25) is 0 Å². The lowest BCUT2D eigenvalue weighted by atomic mass is 10.2. The third kappa shape index (κ3) is 2.47. The van der Waals surface area contributed by atoms with Gasteiger partial charge in [-0.15, -0.1) is 0 Å². The number of likely N-dealkylation sites (N-methyl/N-ethyl adjacent to an activating group) is 1. The summed E-state index contributed by atoms with van der Waals surface area (Å²) in [6.45, 7) is 1.77. The average molecular weight is 288 g/mol. The van der Waals surface area contributed by atoms with Crippen LogP contribution in [-0.4, -0.2) is 58.6 Å². The van der Waals surface area contributed by atoms with Crippen molar-refractivity contribution in [3.8, 4) is 0 Å². The van der Waals surface area contributed by atoms with Gasteiger partial charge in [-0.25, -0.2) is 9.78 Å². The van der Waals surface area contributed by atoms with Crippen LogP contribution in [0.15, 0.2) is 24.4 Å². The molecule has 6 nitrogen and oxygen atoms in total. The number of carbonyl (C=O) groups is 1. The van der Waals surface area contributed by atoms with E-state index in [-0.39, 0.29) is 5.69 Å². The Morgan fingerprint density at radius 1 is 1.48 bits per heavy atom. The molecule has 0 bridgehead atoms. The molecular formula is C15H20N4O2. The number of pyridine rings is 1. The fourth-order valence-corrected chi connectivity index (χ4v) is 3.11. The number of carboxylic acids is 1. The number of aromatic carboxylic acids is 1. The lowest BCUT2D eigenvalue weighted by Crippen LogP contribution is -2.38. The van der Waals surface area contributed by atoms with Gasteiger partial charge in [0.05, 0.1) is 0 Å². The van der Waals surface area contributed by atoms with Gasteiger partial charge >= 0.3 is 5.97 Å². The molecule has 1 atom stereocenters. The Morgan fingerprint density at radius 3 is 3.00 bits per heavy atom. The quantitative estimate of drug-likeness (QED) is 0.925. The minimum absolute atomic E-state index is 0.260. The Morgan fingerprint density at radius 2 is 2.29 bits per heavy atom. The number of nitrogens with zero attached hydrogens (tertiary/aromatic N) is 4. The second-order valence-electron chi connectivity index (χ2n) is 5.77. The fraction of sp³-hybridized carbons (Fsp3) is 0.467. The zero-order valence-corrected chi connectivity index (χ0v) is 12.4. The van der Waals surface area contributed by atoms with E-state index in [9.17, 15) is 9.90 Å². The Hall–Kier alpha value is -2.08. The molecule has 1 aliphatic rings. The molecule has 3 rings (SSSR count). The highest BCUT2D eigenvalue weighted by Crippen LogP contribution is 2.29. The molecule has 3 heterocycles. The number of anilines is 1. The standard InChI is InChI=1S/C15H20N4O2/c1-17(2)10-11-6-5-9-18(11)14-13(15(20)21)19-8-4-3-7-12(19)16-14/h3-4,7-8,11H,5-6,9-10H2,1-2H3,(H,20,21). The average Bonchev–Trinajstić information content (AvgIpc) is 3.00. The smallest absolute Gasteiger partial charge is 0.356 e. The summed E-state index contributed by atoms with van der Waals surface area (Å²) in [5.74, 6) is -0.336. The Kier molecular flexibility index (Phi) is 3.55. The number of carboxylic acid groups (broad SMARTS) is 1. The molecule has 0 saturated carbocycles. The van der Waals surface area contributed by atoms with Gasteiger partial charge < -0.3 is 14.9 Å². The minimum atomic E-state index is -0.931. The van der Waals surface area contributed by atoms with Crippen LogP contribution in [0.2, 0.25) is 0 Å². The SMILES string of the molecule is CN(C)CC1CCCN1c1nc2ccccn2c1C(=O)O. The van der Waals surface area contributed by atoms with Gasteiger partial charge in [-0.2, -0.15) is 0 Å². The number of fused-ring (bicyclic) bond motifs is 1. The zero-order valence-electron chi connectivity index (χ0n) is 12.4. The van der Waals surface area contributed by atoms with Crippen LogP contribution in [0.4, 0.5) is 5.82 Å². The fourth-order valence-electron chi connectivity index (χ4n) is 3.11. The van der Waals surface area contributed by atoms with Gasteiger partial charge in [0, 0.05) is 25.3 Å². The van der Waals surface area contributed by atoms with Crippen molar-refractivity contribution < 1.29 is 9.90 Å². The van der Waals surface area contributed by atoms with Crippen LogP contribution in [0.5, 0.6) is 0 Å². The first-order valence-corrected chi connectivity index (χ1v) is 7.19. The lowest BCUT2D eigenvalue weighted by Gasteiger charge is -2.27. The highest BCUT2D eigenvalue weighted by molar-refractivity contribution is 5.93. The first-order chi connectivity index (χ1) is 10.1. The molecule has 1 N–H and O–H groups in total. The van der Waals surface area contributed by atoms with E-state index in [1.54, 1.807) is 10.6 Å². The van der Waals surface area contributed by atoms with E-state index in [1.807, 2.05) is 32.3 Å². The van der Waals surface area contributed by atoms with Crippen LogP contribution in [0.25, 0.3) is 5.65 Å². The first-order valence-electron chi connectivity index (χ1n) is 7.19.